The molecule has 0 radical (unpaired) electrons. The van der Waals surface area contributed by atoms with Gasteiger partial charge >= 0.3 is 0 Å². The molecule has 1 unspecified atom stereocenters. The van der Waals surface area contributed by atoms with Gasteiger partial charge in [-0.25, -0.2) is 0 Å². The first-order valence-electron chi connectivity index (χ1n) is 9.04. The van der Waals surface area contributed by atoms with Gasteiger partial charge in [0.05, 0.1) is 16.5 Å². The maximum absolute atomic E-state index is 13.1. The number of hydrogen-bond donors (Lipinski definition) is 1. The molecule has 28 heavy (non-hydrogen) atoms. The van der Waals surface area contributed by atoms with Crippen LogP contribution in [0, 0.1) is 0 Å². The molecule has 1 aliphatic heterocycles. The van der Waals surface area contributed by atoms with E-state index in [4.69, 9.17) is 4.74 Å². The van der Waals surface area contributed by atoms with Crippen LogP contribution in [-0.4, -0.2) is 56.1 Å². The molecule has 0 aliphatic carbocycles. The number of nitrogens with zero attached hydrogens (tertiary/aromatic N) is 2. The number of carbonyl (C=O) groups excluding carboxylic acids is 2. The fourth-order valence-electron chi connectivity index (χ4n) is 3.34. The van der Waals surface area contributed by atoms with Crippen LogP contribution in [0.5, 0.6) is 0 Å². The van der Waals surface area contributed by atoms with Gasteiger partial charge in [0, 0.05) is 40.0 Å². The predicted molar refractivity (Wildman–Crippen MR) is 110 cm³/mol. The second-order valence-electron chi connectivity index (χ2n) is 6.80. The minimum absolute atomic E-state index is 0.141. The van der Waals surface area contributed by atoms with Crippen LogP contribution in [0.2, 0.25) is 0 Å². The molecule has 148 valence electrons. The van der Waals surface area contributed by atoms with E-state index >= 15 is 0 Å². The third kappa shape index (κ3) is 3.81. The number of Topliss-reactive ketones (excluding diaryl/α,β-unsaturated/α-hetero) is 1. The first-order chi connectivity index (χ1) is 13.5. The highest BCUT2D eigenvalue weighted by Crippen LogP contribution is 2.39. The quantitative estimate of drug-likeness (QED) is 0.543. The molecule has 7 heteroatoms. The Balaban J connectivity index is 2.01. The number of carbonyl (C=O) groups is 2. The smallest absolute Gasteiger partial charge is 0.290 e. The molecule has 2 heterocycles. The van der Waals surface area contributed by atoms with Gasteiger partial charge in [-0.3, -0.25) is 9.59 Å². The first kappa shape index (κ1) is 20.1. The minimum atomic E-state index is -0.616. The summed E-state index contributed by atoms with van der Waals surface area (Å²) in [5.74, 6) is -1.29. The molecule has 6 nitrogen and oxygen atoms in total. The normalized spacial score (nSPS) is 16.8. The largest absolute Gasteiger partial charge is 0.503 e. The van der Waals surface area contributed by atoms with E-state index < -0.39 is 17.7 Å². The molecule has 1 aromatic carbocycles. The Bertz CT molecular complexity index is 872. The number of anilines is 1. The van der Waals surface area contributed by atoms with E-state index in [1.807, 2.05) is 43.3 Å². The van der Waals surface area contributed by atoms with Crippen LogP contribution in [0.1, 0.15) is 27.7 Å². The van der Waals surface area contributed by atoms with Crippen molar-refractivity contribution in [2.75, 3.05) is 39.3 Å². The van der Waals surface area contributed by atoms with Crippen LogP contribution >= 0.6 is 11.3 Å². The van der Waals surface area contributed by atoms with Crippen LogP contribution < -0.4 is 4.90 Å². The molecule has 1 aliphatic rings. The molecule has 1 amide bonds. The van der Waals surface area contributed by atoms with Gasteiger partial charge in [0.1, 0.15) is 0 Å². The third-order valence-corrected chi connectivity index (χ3v) is 5.63. The summed E-state index contributed by atoms with van der Waals surface area (Å²) in [6, 6.07) is 10.6. The van der Waals surface area contributed by atoms with Gasteiger partial charge in [0.25, 0.3) is 5.91 Å². The molecular formula is C21H24N2O4S. The highest BCUT2D eigenvalue weighted by molar-refractivity contribution is 7.12. The van der Waals surface area contributed by atoms with E-state index in [0.29, 0.717) is 24.4 Å². The Morgan fingerprint density at radius 2 is 1.96 bits per heavy atom. The second kappa shape index (κ2) is 8.58. The van der Waals surface area contributed by atoms with E-state index in [2.05, 4.69) is 0 Å². The Hall–Kier alpha value is -2.64. The summed E-state index contributed by atoms with van der Waals surface area (Å²) in [4.78, 5) is 29.9. The predicted octanol–water partition coefficient (Wildman–Crippen LogP) is 3.43. The molecule has 1 atom stereocenters. The van der Waals surface area contributed by atoms with Gasteiger partial charge in [-0.1, -0.05) is 18.2 Å². The summed E-state index contributed by atoms with van der Waals surface area (Å²) < 4.78 is 5.10. The number of ether oxygens (including phenoxy) is 1. The van der Waals surface area contributed by atoms with Crippen molar-refractivity contribution in [2.45, 2.75) is 12.5 Å². The number of methoxy groups -OCH3 is 1. The summed E-state index contributed by atoms with van der Waals surface area (Å²) in [6.07, 6.45) is 0.613. The third-order valence-electron chi connectivity index (χ3n) is 4.77. The van der Waals surface area contributed by atoms with Crippen LogP contribution in [0.25, 0.3) is 0 Å². The number of hydrogen-bond acceptors (Lipinski definition) is 6. The summed E-state index contributed by atoms with van der Waals surface area (Å²) in [7, 11) is 5.50. The van der Waals surface area contributed by atoms with Gasteiger partial charge in [-0.05, 0) is 35.6 Å². The number of aliphatic hydroxyl groups is 1. The van der Waals surface area contributed by atoms with Gasteiger partial charge in [-0.2, -0.15) is 0 Å². The lowest BCUT2D eigenvalue weighted by atomic mass is 9.95. The Labute approximate surface area is 168 Å². The van der Waals surface area contributed by atoms with E-state index in [1.165, 1.54) is 11.3 Å². The zero-order valence-electron chi connectivity index (χ0n) is 16.2. The number of thiophene rings is 1. The van der Waals surface area contributed by atoms with E-state index in [-0.39, 0.29) is 11.4 Å². The number of rotatable bonds is 8. The lowest BCUT2D eigenvalue weighted by molar-refractivity contribution is -0.129. The van der Waals surface area contributed by atoms with Gasteiger partial charge < -0.3 is 19.6 Å². The fraction of sp³-hybridized carbons (Fsp3) is 0.333. The standard InChI is InChI=1S/C21H24N2O4S/c1-22(2)15-9-7-14(8-10-15)18-17(19(24)16-6-4-13-28-16)20(25)21(26)23(18)11-5-12-27-3/h4,6-10,13,18,25H,5,11-12H2,1-3H3. The molecule has 0 saturated heterocycles. The fourth-order valence-corrected chi connectivity index (χ4v) is 4.02. The lowest BCUT2D eigenvalue weighted by Gasteiger charge is -2.27. The van der Waals surface area contributed by atoms with Crippen LogP contribution in [0.3, 0.4) is 0 Å². The number of benzene rings is 1. The van der Waals surface area contributed by atoms with Crippen LogP contribution in [0.4, 0.5) is 5.69 Å². The zero-order chi connectivity index (χ0) is 20.3. The van der Waals surface area contributed by atoms with Crippen molar-refractivity contribution in [3.8, 4) is 0 Å². The van der Waals surface area contributed by atoms with Crippen molar-refractivity contribution in [1.82, 2.24) is 4.90 Å². The zero-order valence-corrected chi connectivity index (χ0v) is 17.0. The molecule has 0 spiro atoms. The number of amides is 1. The minimum Gasteiger partial charge on any atom is -0.503 e. The molecular weight excluding hydrogens is 376 g/mol. The van der Waals surface area contributed by atoms with Gasteiger partial charge in [-0.15, -0.1) is 11.3 Å². The SMILES string of the molecule is COCCCN1C(=O)C(O)=C(C(=O)c2cccs2)C1c1ccc(N(C)C)cc1. The summed E-state index contributed by atoms with van der Waals surface area (Å²) >= 11 is 1.30. The molecule has 2 aromatic rings. The number of aliphatic hydroxyl groups excluding tert-OH is 1. The second-order valence-corrected chi connectivity index (χ2v) is 7.75. The van der Waals surface area contributed by atoms with Crippen molar-refractivity contribution < 1.29 is 19.4 Å². The number of ketones is 1. The Morgan fingerprint density at radius 3 is 2.54 bits per heavy atom. The molecule has 0 saturated carbocycles. The van der Waals surface area contributed by atoms with Crippen molar-refractivity contribution in [2.24, 2.45) is 0 Å². The van der Waals surface area contributed by atoms with Gasteiger partial charge in [0.2, 0.25) is 5.78 Å². The molecule has 1 N–H and O–H groups in total. The Morgan fingerprint density at radius 1 is 1.25 bits per heavy atom. The van der Waals surface area contributed by atoms with Crippen molar-refractivity contribution in [3.63, 3.8) is 0 Å². The maximum atomic E-state index is 13.1. The summed E-state index contributed by atoms with van der Waals surface area (Å²) in [5, 5.41) is 12.4. The van der Waals surface area contributed by atoms with Crippen LogP contribution in [0.15, 0.2) is 53.1 Å². The molecule has 1 aromatic heterocycles. The lowest BCUT2D eigenvalue weighted by Crippen LogP contribution is -2.32. The molecule has 3 rings (SSSR count). The molecule has 0 fully saturated rings. The van der Waals surface area contributed by atoms with Crippen LogP contribution in [-0.2, 0) is 9.53 Å². The molecule has 0 bridgehead atoms. The highest BCUT2D eigenvalue weighted by atomic mass is 32.1. The average molecular weight is 401 g/mol. The summed E-state index contributed by atoms with van der Waals surface area (Å²) in [6.45, 7) is 0.878. The van der Waals surface area contributed by atoms with Crippen molar-refractivity contribution >= 4 is 28.7 Å². The van der Waals surface area contributed by atoms with Gasteiger partial charge in [0.15, 0.2) is 5.76 Å². The first-order valence-corrected chi connectivity index (χ1v) is 9.92. The van der Waals surface area contributed by atoms with Crippen molar-refractivity contribution in [3.05, 3.63) is 63.6 Å². The average Bonchev–Trinajstić information content (AvgIpc) is 3.31. The van der Waals surface area contributed by atoms with E-state index in [0.717, 1.165) is 11.3 Å². The van der Waals surface area contributed by atoms with E-state index in [9.17, 15) is 14.7 Å². The Kier molecular flexibility index (Phi) is 6.16. The van der Waals surface area contributed by atoms with E-state index in [1.54, 1.807) is 29.5 Å². The monoisotopic (exact) mass is 400 g/mol. The van der Waals surface area contributed by atoms with Crippen molar-refractivity contribution in [1.29, 1.82) is 0 Å². The highest BCUT2D eigenvalue weighted by Gasteiger charge is 2.43. The topological polar surface area (TPSA) is 70.1 Å². The maximum Gasteiger partial charge on any atom is 0.290 e. The summed E-state index contributed by atoms with van der Waals surface area (Å²) in [5.41, 5.74) is 1.95.